The van der Waals surface area contributed by atoms with Crippen molar-refractivity contribution in [3.63, 3.8) is 0 Å². The third-order valence-corrected chi connectivity index (χ3v) is 7.27. The number of aliphatic hydroxyl groups is 1. The molecule has 1 aromatic carbocycles. The average Bonchev–Trinajstić information content (AvgIpc) is 2.93. The lowest BCUT2D eigenvalue weighted by Crippen LogP contribution is -2.60. The average molecular weight is 563 g/mol. The Labute approximate surface area is 234 Å². The summed E-state index contributed by atoms with van der Waals surface area (Å²) in [5, 5.41) is 12.0. The van der Waals surface area contributed by atoms with E-state index in [9.17, 15) is 19.5 Å². The predicted molar refractivity (Wildman–Crippen MR) is 151 cm³/mol. The van der Waals surface area contributed by atoms with Crippen LogP contribution < -0.4 is 22.5 Å². The second-order valence-electron chi connectivity index (χ2n) is 10.3. The summed E-state index contributed by atoms with van der Waals surface area (Å²) in [5.74, 6) is -0.201. The molecule has 2 fully saturated rings. The second kappa shape index (κ2) is 13.4. The first-order valence-electron chi connectivity index (χ1n) is 13.1. The van der Waals surface area contributed by atoms with Gasteiger partial charge in [-0.2, -0.15) is 4.98 Å². The van der Waals surface area contributed by atoms with Crippen molar-refractivity contribution in [2.75, 3.05) is 57.7 Å². The number of benzene rings is 1. The number of hydrogen-bond donors (Lipinski definition) is 4. The number of hydrogen-bond acceptors (Lipinski definition) is 8. The van der Waals surface area contributed by atoms with Crippen molar-refractivity contribution in [1.82, 2.24) is 24.3 Å². The lowest BCUT2D eigenvalue weighted by atomic mass is 10.0. The topological polar surface area (TPSA) is 163 Å². The van der Waals surface area contributed by atoms with E-state index in [0.29, 0.717) is 37.9 Å². The fourth-order valence-electron chi connectivity index (χ4n) is 4.69. The summed E-state index contributed by atoms with van der Waals surface area (Å²) in [4.78, 5) is 47.3. The number of amides is 3. The molecule has 13 heteroatoms. The molecule has 3 amide bonds. The van der Waals surface area contributed by atoms with Gasteiger partial charge in [-0.15, -0.1) is 12.4 Å². The first kappa shape index (κ1) is 30.5. The zero-order valence-corrected chi connectivity index (χ0v) is 23.1. The minimum Gasteiger partial charge on any atom is -0.394 e. The van der Waals surface area contributed by atoms with Crippen LogP contribution in [0.1, 0.15) is 25.3 Å². The molecule has 1 atom stereocenters. The molecule has 39 heavy (non-hydrogen) atoms. The van der Waals surface area contributed by atoms with Crippen LogP contribution in [0.3, 0.4) is 0 Å². The molecule has 3 heterocycles. The minimum atomic E-state index is -1.35. The Morgan fingerprint density at radius 3 is 2.26 bits per heavy atom. The highest BCUT2D eigenvalue weighted by Gasteiger charge is 2.34. The minimum absolute atomic E-state index is 0. The Hall–Kier alpha value is -3.03. The van der Waals surface area contributed by atoms with Crippen LogP contribution in [-0.2, 0) is 11.2 Å². The van der Waals surface area contributed by atoms with Gasteiger partial charge in [-0.05, 0) is 63.0 Å². The van der Waals surface area contributed by atoms with E-state index in [0.717, 1.165) is 38.9 Å². The van der Waals surface area contributed by atoms with Crippen molar-refractivity contribution in [3.05, 3.63) is 52.6 Å². The maximum Gasteiger partial charge on any atom is 0.354 e. The molecule has 0 bridgehead atoms. The molecule has 0 aliphatic carbocycles. The van der Waals surface area contributed by atoms with E-state index in [2.05, 4.69) is 15.2 Å². The number of carbonyl (C=O) groups excluding carboxylic acids is 2. The standard InChI is InChI=1S/C26H38N8O4.ClH/c1-26(28,18-35)23(36)32-14-16-33(17-15-32)24(37)29-22-9-13-34(25(38)30-22)21-4-2-19(3-5-21)6-10-31-11-7-20(27)8-12-31;/h2-5,9,13,20,35H,6-8,10-12,14-18,27-28H2,1H3,(H,29,30,37,38);1H/t26-;/m1./s1. The second-order valence-corrected chi connectivity index (χ2v) is 10.3. The first-order chi connectivity index (χ1) is 18.2. The fourth-order valence-corrected chi connectivity index (χ4v) is 4.69. The first-order valence-corrected chi connectivity index (χ1v) is 13.1. The highest BCUT2D eigenvalue weighted by atomic mass is 35.5. The molecule has 0 spiro atoms. The number of halogens is 1. The quantitative estimate of drug-likeness (QED) is 0.366. The molecule has 0 unspecified atom stereocenters. The zero-order valence-electron chi connectivity index (χ0n) is 22.3. The fraction of sp³-hybridized carbons (Fsp3) is 0.538. The van der Waals surface area contributed by atoms with Crippen LogP contribution in [0, 0.1) is 0 Å². The Morgan fingerprint density at radius 1 is 1.05 bits per heavy atom. The number of piperidine rings is 1. The Balaban J connectivity index is 0.00000420. The van der Waals surface area contributed by atoms with Crippen LogP contribution in [0.15, 0.2) is 41.3 Å². The summed E-state index contributed by atoms with van der Waals surface area (Å²) in [5.41, 5.74) is 11.9. The Bertz CT molecular complexity index is 1170. The number of urea groups is 1. The number of aliphatic hydroxyl groups excluding tert-OH is 1. The van der Waals surface area contributed by atoms with E-state index in [4.69, 9.17) is 11.5 Å². The molecular weight excluding hydrogens is 524 g/mol. The molecule has 0 radical (unpaired) electrons. The number of nitrogens with zero attached hydrogens (tertiary/aromatic N) is 5. The maximum atomic E-state index is 12.7. The SMILES string of the molecule is C[C@@](N)(CO)C(=O)N1CCN(C(=O)Nc2ccn(-c3ccc(CCN4CCC(N)CC4)cc3)c(=O)n2)CC1.Cl. The van der Waals surface area contributed by atoms with Crippen LogP contribution >= 0.6 is 12.4 Å². The summed E-state index contributed by atoms with van der Waals surface area (Å²) < 4.78 is 1.43. The summed E-state index contributed by atoms with van der Waals surface area (Å²) in [7, 11) is 0. The lowest BCUT2D eigenvalue weighted by Gasteiger charge is -2.37. The number of likely N-dealkylation sites (tertiary alicyclic amines) is 1. The number of piperazine rings is 1. The molecule has 214 valence electrons. The number of aromatic nitrogens is 2. The molecule has 1 aromatic heterocycles. The number of rotatable bonds is 7. The number of anilines is 1. The van der Waals surface area contributed by atoms with Crippen molar-refractivity contribution in [2.45, 2.75) is 37.8 Å². The molecule has 12 nitrogen and oxygen atoms in total. The Kier molecular flexibility index (Phi) is 10.4. The van der Waals surface area contributed by atoms with Gasteiger partial charge in [0.2, 0.25) is 5.91 Å². The van der Waals surface area contributed by atoms with E-state index >= 15 is 0 Å². The summed E-state index contributed by atoms with van der Waals surface area (Å²) in [6.45, 7) is 5.29. The van der Waals surface area contributed by atoms with Gasteiger partial charge in [0.25, 0.3) is 0 Å². The molecule has 6 N–H and O–H groups in total. The lowest BCUT2D eigenvalue weighted by molar-refractivity contribution is -0.139. The van der Waals surface area contributed by atoms with Gasteiger partial charge in [0.15, 0.2) is 0 Å². The Morgan fingerprint density at radius 2 is 1.67 bits per heavy atom. The van der Waals surface area contributed by atoms with Crippen molar-refractivity contribution >= 4 is 30.2 Å². The van der Waals surface area contributed by atoms with Crippen molar-refractivity contribution in [1.29, 1.82) is 0 Å². The predicted octanol–water partition coefficient (Wildman–Crippen LogP) is 0.00570. The van der Waals surface area contributed by atoms with Gasteiger partial charge in [0.1, 0.15) is 11.4 Å². The van der Waals surface area contributed by atoms with Crippen LogP contribution in [0.25, 0.3) is 5.69 Å². The van der Waals surface area contributed by atoms with Crippen LogP contribution in [-0.4, -0.2) is 105 Å². The summed E-state index contributed by atoms with van der Waals surface area (Å²) in [6, 6.07) is 9.33. The van der Waals surface area contributed by atoms with E-state index < -0.39 is 23.9 Å². The number of carbonyl (C=O) groups is 2. The highest BCUT2D eigenvalue weighted by Crippen LogP contribution is 2.14. The molecule has 0 saturated carbocycles. The summed E-state index contributed by atoms with van der Waals surface area (Å²) in [6.07, 6.45) is 4.61. The van der Waals surface area contributed by atoms with E-state index in [-0.39, 0.29) is 24.1 Å². The van der Waals surface area contributed by atoms with Gasteiger partial charge in [0, 0.05) is 45.0 Å². The van der Waals surface area contributed by atoms with Gasteiger partial charge in [0.05, 0.1) is 12.3 Å². The van der Waals surface area contributed by atoms with Gasteiger partial charge in [-0.3, -0.25) is 14.7 Å². The molecule has 2 aromatic rings. The van der Waals surface area contributed by atoms with Crippen LogP contribution in [0.2, 0.25) is 0 Å². The smallest absolute Gasteiger partial charge is 0.354 e. The highest BCUT2D eigenvalue weighted by molar-refractivity contribution is 5.89. The van der Waals surface area contributed by atoms with Crippen molar-refractivity contribution in [3.8, 4) is 5.69 Å². The third-order valence-electron chi connectivity index (χ3n) is 7.27. The largest absolute Gasteiger partial charge is 0.394 e. The number of nitrogens with two attached hydrogens (primary N) is 2. The van der Waals surface area contributed by atoms with Gasteiger partial charge in [-0.25, -0.2) is 9.59 Å². The number of nitrogens with one attached hydrogen (secondary N) is 1. The normalized spacial score (nSPS) is 18.3. The molecular formula is C26H39ClN8O4. The van der Waals surface area contributed by atoms with Gasteiger partial charge in [-0.1, -0.05) is 12.1 Å². The summed E-state index contributed by atoms with van der Waals surface area (Å²) >= 11 is 0. The van der Waals surface area contributed by atoms with Gasteiger partial charge < -0.3 is 31.3 Å². The van der Waals surface area contributed by atoms with Crippen LogP contribution in [0.5, 0.6) is 0 Å². The van der Waals surface area contributed by atoms with E-state index in [1.54, 1.807) is 17.2 Å². The van der Waals surface area contributed by atoms with Gasteiger partial charge >= 0.3 is 11.7 Å². The van der Waals surface area contributed by atoms with Crippen molar-refractivity contribution < 1.29 is 14.7 Å². The van der Waals surface area contributed by atoms with E-state index in [1.807, 2.05) is 24.3 Å². The zero-order chi connectivity index (χ0) is 27.3. The molecule has 4 rings (SSSR count). The molecule has 2 aliphatic heterocycles. The third kappa shape index (κ3) is 7.76. The maximum absolute atomic E-state index is 12.7. The van der Waals surface area contributed by atoms with Crippen molar-refractivity contribution in [2.24, 2.45) is 11.5 Å². The molecule has 2 aliphatic rings. The van der Waals surface area contributed by atoms with Crippen LogP contribution in [0.4, 0.5) is 10.6 Å². The monoisotopic (exact) mass is 562 g/mol. The van der Waals surface area contributed by atoms with E-state index in [1.165, 1.54) is 22.0 Å². The molecule has 2 saturated heterocycles.